The number of ether oxygens (including phenoxy) is 1. The molecule has 1 aromatic heterocycles. The van der Waals surface area contributed by atoms with Gasteiger partial charge in [0.05, 0.1) is 6.61 Å². The van der Waals surface area contributed by atoms with E-state index in [1.807, 2.05) is 6.92 Å². The minimum Gasteiger partial charge on any atom is -0.464 e. The first kappa shape index (κ1) is 13.2. The normalized spacial score (nSPS) is 10.3. The average molecular weight is 262 g/mol. The van der Waals surface area contributed by atoms with Crippen molar-refractivity contribution in [1.82, 2.24) is 15.0 Å². The van der Waals surface area contributed by atoms with Gasteiger partial charge in [-0.15, -0.1) is 0 Å². The van der Waals surface area contributed by atoms with Crippen molar-refractivity contribution in [1.29, 1.82) is 0 Å². The zero-order valence-electron chi connectivity index (χ0n) is 11.1. The highest BCUT2D eigenvalue weighted by atomic mass is 19.1. The lowest BCUT2D eigenvalue weighted by atomic mass is 10.1. The number of rotatable bonds is 4. The van der Waals surface area contributed by atoms with Crippen LogP contribution in [-0.4, -0.2) is 28.6 Å². The third-order valence-corrected chi connectivity index (χ3v) is 2.53. The van der Waals surface area contributed by atoms with Crippen LogP contribution in [0.4, 0.5) is 10.3 Å². The molecule has 19 heavy (non-hydrogen) atoms. The molecule has 0 aliphatic heterocycles. The van der Waals surface area contributed by atoms with Gasteiger partial charge >= 0.3 is 6.01 Å². The molecule has 1 N–H and O–H groups in total. The summed E-state index contributed by atoms with van der Waals surface area (Å²) >= 11 is 0. The fourth-order valence-corrected chi connectivity index (χ4v) is 1.57. The molecule has 0 saturated heterocycles. The highest BCUT2D eigenvalue weighted by Gasteiger charge is 2.09. The van der Waals surface area contributed by atoms with Crippen LogP contribution in [-0.2, 0) is 0 Å². The molecule has 0 unspecified atom stereocenters. The van der Waals surface area contributed by atoms with E-state index in [1.54, 1.807) is 26.1 Å². The van der Waals surface area contributed by atoms with E-state index < -0.39 is 0 Å². The Morgan fingerprint density at radius 1 is 1.26 bits per heavy atom. The number of anilines is 1. The summed E-state index contributed by atoms with van der Waals surface area (Å²) in [5.41, 5.74) is 1.26. The van der Waals surface area contributed by atoms with Gasteiger partial charge in [0.1, 0.15) is 5.82 Å². The summed E-state index contributed by atoms with van der Waals surface area (Å²) in [6.07, 6.45) is 0. The fourth-order valence-electron chi connectivity index (χ4n) is 1.57. The Balaban J connectivity index is 2.47. The van der Waals surface area contributed by atoms with Crippen molar-refractivity contribution < 1.29 is 9.13 Å². The summed E-state index contributed by atoms with van der Waals surface area (Å²) in [6.45, 7) is 4.02. The van der Waals surface area contributed by atoms with Crippen molar-refractivity contribution in [2.75, 3.05) is 19.0 Å². The number of aromatic nitrogens is 3. The first-order valence-electron chi connectivity index (χ1n) is 5.97. The van der Waals surface area contributed by atoms with Crippen LogP contribution in [0.1, 0.15) is 12.5 Å². The molecule has 0 bridgehead atoms. The molecule has 0 atom stereocenters. The number of benzene rings is 1. The second-order valence-electron chi connectivity index (χ2n) is 3.91. The van der Waals surface area contributed by atoms with Crippen molar-refractivity contribution in [3.05, 3.63) is 29.6 Å². The SMILES string of the molecule is CCOc1nc(NC)nc(-c2ccc(F)c(C)c2)n1. The Labute approximate surface area is 110 Å². The highest BCUT2D eigenvalue weighted by Crippen LogP contribution is 2.21. The van der Waals surface area contributed by atoms with E-state index in [2.05, 4.69) is 20.3 Å². The van der Waals surface area contributed by atoms with Crippen molar-refractivity contribution in [2.45, 2.75) is 13.8 Å². The molecule has 0 fully saturated rings. The van der Waals surface area contributed by atoms with Crippen LogP contribution >= 0.6 is 0 Å². The number of nitrogens with one attached hydrogen (secondary N) is 1. The third-order valence-electron chi connectivity index (χ3n) is 2.53. The van der Waals surface area contributed by atoms with E-state index in [1.165, 1.54) is 6.07 Å². The Bertz CT molecular complexity index is 589. The van der Waals surface area contributed by atoms with E-state index in [4.69, 9.17) is 4.74 Å². The monoisotopic (exact) mass is 262 g/mol. The van der Waals surface area contributed by atoms with Gasteiger partial charge in [-0.05, 0) is 37.6 Å². The summed E-state index contributed by atoms with van der Waals surface area (Å²) in [6, 6.07) is 4.97. The van der Waals surface area contributed by atoms with Crippen LogP contribution in [0.3, 0.4) is 0 Å². The lowest BCUT2D eigenvalue weighted by molar-refractivity contribution is 0.312. The van der Waals surface area contributed by atoms with Crippen LogP contribution in [0.2, 0.25) is 0 Å². The van der Waals surface area contributed by atoms with Gasteiger partial charge in [0.2, 0.25) is 5.95 Å². The van der Waals surface area contributed by atoms with E-state index in [-0.39, 0.29) is 11.8 Å². The average Bonchev–Trinajstić information content (AvgIpc) is 2.42. The van der Waals surface area contributed by atoms with Gasteiger partial charge in [-0.2, -0.15) is 15.0 Å². The van der Waals surface area contributed by atoms with Gasteiger partial charge in [-0.1, -0.05) is 0 Å². The first-order valence-corrected chi connectivity index (χ1v) is 5.97. The molecule has 6 heteroatoms. The minimum absolute atomic E-state index is 0.249. The van der Waals surface area contributed by atoms with Crippen molar-refractivity contribution >= 4 is 5.95 Å². The fraction of sp³-hybridized carbons (Fsp3) is 0.308. The number of halogens is 1. The molecule has 100 valence electrons. The zero-order chi connectivity index (χ0) is 13.8. The molecule has 0 spiro atoms. The summed E-state index contributed by atoms with van der Waals surface area (Å²) < 4.78 is 18.6. The van der Waals surface area contributed by atoms with Gasteiger partial charge in [0.15, 0.2) is 5.82 Å². The Morgan fingerprint density at radius 3 is 2.68 bits per heavy atom. The maximum atomic E-state index is 13.3. The maximum Gasteiger partial charge on any atom is 0.321 e. The highest BCUT2D eigenvalue weighted by molar-refractivity contribution is 5.57. The van der Waals surface area contributed by atoms with Crippen LogP contribution in [0, 0.1) is 12.7 Å². The van der Waals surface area contributed by atoms with E-state index in [0.29, 0.717) is 23.9 Å². The summed E-state index contributed by atoms with van der Waals surface area (Å²) in [7, 11) is 1.71. The van der Waals surface area contributed by atoms with Crippen molar-refractivity contribution in [3.63, 3.8) is 0 Å². The number of nitrogens with zero attached hydrogens (tertiary/aromatic N) is 3. The number of hydrogen-bond acceptors (Lipinski definition) is 5. The van der Waals surface area contributed by atoms with E-state index in [0.717, 1.165) is 5.56 Å². The van der Waals surface area contributed by atoms with E-state index in [9.17, 15) is 4.39 Å². The Kier molecular flexibility index (Phi) is 3.89. The lowest BCUT2D eigenvalue weighted by Gasteiger charge is -2.07. The Morgan fingerprint density at radius 2 is 2.05 bits per heavy atom. The van der Waals surface area contributed by atoms with Crippen molar-refractivity contribution in [2.24, 2.45) is 0 Å². The van der Waals surface area contributed by atoms with Crippen LogP contribution in [0.25, 0.3) is 11.4 Å². The molecule has 5 nitrogen and oxygen atoms in total. The summed E-state index contributed by atoms with van der Waals surface area (Å²) in [5, 5.41) is 2.85. The quantitative estimate of drug-likeness (QED) is 0.917. The van der Waals surface area contributed by atoms with Gasteiger partial charge in [-0.25, -0.2) is 4.39 Å². The second-order valence-corrected chi connectivity index (χ2v) is 3.91. The summed E-state index contributed by atoms with van der Waals surface area (Å²) in [5.74, 6) is 0.609. The van der Waals surface area contributed by atoms with Crippen LogP contribution in [0.15, 0.2) is 18.2 Å². The predicted molar refractivity (Wildman–Crippen MR) is 70.7 cm³/mol. The zero-order valence-corrected chi connectivity index (χ0v) is 11.1. The van der Waals surface area contributed by atoms with Gasteiger partial charge in [0.25, 0.3) is 0 Å². The molecule has 0 aliphatic rings. The number of aryl methyl sites for hydroxylation is 1. The number of hydrogen-bond donors (Lipinski definition) is 1. The molecule has 0 radical (unpaired) electrons. The molecule has 0 aliphatic carbocycles. The molecule has 0 amide bonds. The molecule has 0 saturated carbocycles. The molecular weight excluding hydrogens is 247 g/mol. The molecule has 2 aromatic rings. The maximum absolute atomic E-state index is 13.3. The second kappa shape index (κ2) is 5.60. The largest absolute Gasteiger partial charge is 0.464 e. The lowest BCUT2D eigenvalue weighted by Crippen LogP contribution is -2.05. The smallest absolute Gasteiger partial charge is 0.321 e. The third kappa shape index (κ3) is 2.96. The predicted octanol–water partition coefficient (Wildman–Crippen LogP) is 2.43. The van der Waals surface area contributed by atoms with Crippen LogP contribution < -0.4 is 10.1 Å². The van der Waals surface area contributed by atoms with Gasteiger partial charge in [-0.3, -0.25) is 0 Å². The minimum atomic E-state index is -0.253. The van der Waals surface area contributed by atoms with Crippen LogP contribution in [0.5, 0.6) is 6.01 Å². The topological polar surface area (TPSA) is 59.9 Å². The molecule has 2 rings (SSSR count). The van der Waals surface area contributed by atoms with E-state index >= 15 is 0 Å². The molecule has 1 heterocycles. The van der Waals surface area contributed by atoms with Gasteiger partial charge in [0, 0.05) is 12.6 Å². The first-order chi connectivity index (χ1) is 9.13. The molecular formula is C13H15FN4O. The summed E-state index contributed by atoms with van der Waals surface area (Å²) in [4.78, 5) is 12.5. The molecule has 1 aromatic carbocycles. The Hall–Kier alpha value is -2.24. The van der Waals surface area contributed by atoms with Gasteiger partial charge < -0.3 is 10.1 Å². The van der Waals surface area contributed by atoms with Crippen molar-refractivity contribution in [3.8, 4) is 17.4 Å². The standard InChI is InChI=1S/C13H15FN4O/c1-4-19-13-17-11(16-12(15-3)18-13)9-5-6-10(14)8(2)7-9/h5-7H,4H2,1-3H3,(H,15,16,17,18).